The maximum absolute atomic E-state index is 9.99. The summed E-state index contributed by atoms with van der Waals surface area (Å²) in [6, 6.07) is 0. The van der Waals surface area contributed by atoms with Crippen molar-refractivity contribution >= 4 is 0 Å². The predicted octanol–water partition coefficient (Wildman–Crippen LogP) is 2.56. The monoisotopic (exact) mass is 201 g/mol. The molecule has 0 aromatic heterocycles. The van der Waals surface area contributed by atoms with Crippen LogP contribution in [0.2, 0.25) is 0 Å². The van der Waals surface area contributed by atoms with E-state index in [1.54, 1.807) is 0 Å². The highest BCUT2D eigenvalue weighted by Gasteiger charge is 2.18. The Morgan fingerprint density at radius 3 is 2.50 bits per heavy atom. The lowest BCUT2D eigenvalue weighted by Crippen LogP contribution is -2.38. The summed E-state index contributed by atoms with van der Waals surface area (Å²) in [6.07, 6.45) is 4.37. The molecule has 0 aromatic rings. The van der Waals surface area contributed by atoms with E-state index in [4.69, 9.17) is 0 Å². The highest BCUT2D eigenvalue weighted by molar-refractivity contribution is 4.75. The molecule has 0 spiro atoms. The van der Waals surface area contributed by atoms with Gasteiger partial charge in [0.25, 0.3) is 0 Å². The number of rotatable bonds is 8. The van der Waals surface area contributed by atoms with Gasteiger partial charge in [-0.05, 0) is 32.2 Å². The van der Waals surface area contributed by atoms with E-state index in [0.717, 1.165) is 38.3 Å². The van der Waals surface area contributed by atoms with Gasteiger partial charge < -0.3 is 10.4 Å². The van der Waals surface area contributed by atoms with Gasteiger partial charge in [-0.3, -0.25) is 0 Å². The van der Waals surface area contributed by atoms with Crippen molar-refractivity contribution in [3.8, 4) is 0 Å². The lowest BCUT2D eigenvalue weighted by molar-refractivity contribution is 0.0476. The number of hydrogen-bond donors (Lipinski definition) is 2. The summed E-state index contributed by atoms with van der Waals surface area (Å²) in [5.74, 6) is 0.745. The molecule has 0 aliphatic heterocycles. The minimum atomic E-state index is -0.524. The van der Waals surface area contributed by atoms with Crippen LogP contribution in [0.15, 0.2) is 0 Å². The van der Waals surface area contributed by atoms with Crippen molar-refractivity contribution in [1.82, 2.24) is 5.32 Å². The molecule has 0 amide bonds. The van der Waals surface area contributed by atoms with Crippen LogP contribution in [0.1, 0.15) is 53.4 Å². The first-order valence-electron chi connectivity index (χ1n) is 5.91. The highest BCUT2D eigenvalue weighted by Crippen LogP contribution is 2.15. The molecule has 0 heterocycles. The van der Waals surface area contributed by atoms with Crippen LogP contribution in [0, 0.1) is 5.92 Å². The SMILES string of the molecule is CCCNCC(C)(O)CCCC(C)C. The number of aliphatic hydroxyl groups is 1. The Morgan fingerprint density at radius 1 is 1.36 bits per heavy atom. The van der Waals surface area contributed by atoms with Crippen molar-refractivity contribution in [3.05, 3.63) is 0 Å². The van der Waals surface area contributed by atoms with E-state index in [9.17, 15) is 5.11 Å². The molecule has 86 valence electrons. The van der Waals surface area contributed by atoms with Crippen molar-refractivity contribution in [2.24, 2.45) is 5.92 Å². The first kappa shape index (κ1) is 13.9. The Bertz CT molecular complexity index is 132. The fourth-order valence-corrected chi connectivity index (χ4v) is 1.51. The van der Waals surface area contributed by atoms with Crippen molar-refractivity contribution in [2.75, 3.05) is 13.1 Å². The minimum Gasteiger partial charge on any atom is -0.389 e. The van der Waals surface area contributed by atoms with E-state index < -0.39 is 5.60 Å². The van der Waals surface area contributed by atoms with Crippen molar-refractivity contribution < 1.29 is 5.11 Å². The molecule has 2 heteroatoms. The zero-order chi connectivity index (χ0) is 11.0. The molecule has 0 bridgehead atoms. The van der Waals surface area contributed by atoms with Crippen LogP contribution < -0.4 is 5.32 Å². The zero-order valence-electron chi connectivity index (χ0n) is 10.3. The Labute approximate surface area is 89.1 Å². The van der Waals surface area contributed by atoms with Gasteiger partial charge in [0.2, 0.25) is 0 Å². The third kappa shape index (κ3) is 8.52. The molecule has 0 aliphatic rings. The van der Waals surface area contributed by atoms with Gasteiger partial charge in [-0.15, -0.1) is 0 Å². The fraction of sp³-hybridized carbons (Fsp3) is 1.00. The summed E-state index contributed by atoms with van der Waals surface area (Å²) in [6.45, 7) is 10.2. The van der Waals surface area contributed by atoms with Crippen LogP contribution in [-0.4, -0.2) is 23.8 Å². The zero-order valence-corrected chi connectivity index (χ0v) is 10.3. The summed E-state index contributed by atoms with van der Waals surface area (Å²) in [4.78, 5) is 0. The third-order valence-electron chi connectivity index (χ3n) is 2.43. The van der Waals surface area contributed by atoms with E-state index >= 15 is 0 Å². The van der Waals surface area contributed by atoms with Crippen LogP contribution in [-0.2, 0) is 0 Å². The lowest BCUT2D eigenvalue weighted by atomic mass is 9.96. The molecule has 0 fully saturated rings. The van der Waals surface area contributed by atoms with E-state index in [2.05, 4.69) is 26.1 Å². The Balaban J connectivity index is 3.50. The Kier molecular flexibility index (Phi) is 7.20. The molecule has 14 heavy (non-hydrogen) atoms. The maximum Gasteiger partial charge on any atom is 0.0743 e. The molecule has 2 nitrogen and oxygen atoms in total. The molecular weight excluding hydrogens is 174 g/mol. The smallest absolute Gasteiger partial charge is 0.0743 e. The largest absolute Gasteiger partial charge is 0.389 e. The summed E-state index contributed by atoms with van der Waals surface area (Å²) >= 11 is 0. The standard InChI is InChI=1S/C12H27NO/c1-5-9-13-10-12(4,14)8-6-7-11(2)3/h11,13-14H,5-10H2,1-4H3. The van der Waals surface area contributed by atoms with Gasteiger partial charge >= 0.3 is 0 Å². The van der Waals surface area contributed by atoms with E-state index in [-0.39, 0.29) is 0 Å². The normalized spacial score (nSPS) is 15.9. The topological polar surface area (TPSA) is 32.3 Å². The van der Waals surface area contributed by atoms with Gasteiger partial charge in [-0.25, -0.2) is 0 Å². The van der Waals surface area contributed by atoms with Crippen molar-refractivity contribution in [1.29, 1.82) is 0 Å². The molecule has 2 N–H and O–H groups in total. The van der Waals surface area contributed by atoms with Crippen LogP contribution in [0.25, 0.3) is 0 Å². The molecule has 0 saturated heterocycles. The van der Waals surface area contributed by atoms with Gasteiger partial charge in [0.1, 0.15) is 0 Å². The summed E-state index contributed by atoms with van der Waals surface area (Å²) in [7, 11) is 0. The maximum atomic E-state index is 9.99. The second-order valence-corrected chi connectivity index (χ2v) is 4.96. The second kappa shape index (κ2) is 7.24. The molecule has 0 aliphatic carbocycles. The fourth-order valence-electron chi connectivity index (χ4n) is 1.51. The van der Waals surface area contributed by atoms with Gasteiger partial charge in [-0.1, -0.05) is 33.6 Å². The highest BCUT2D eigenvalue weighted by atomic mass is 16.3. The predicted molar refractivity (Wildman–Crippen MR) is 62.5 cm³/mol. The first-order valence-corrected chi connectivity index (χ1v) is 5.91. The molecule has 0 rings (SSSR count). The first-order chi connectivity index (χ1) is 6.48. The Hall–Kier alpha value is -0.0800. The van der Waals surface area contributed by atoms with E-state index in [1.807, 2.05) is 6.92 Å². The number of hydrogen-bond acceptors (Lipinski definition) is 2. The molecule has 1 atom stereocenters. The van der Waals surface area contributed by atoms with Crippen LogP contribution in [0.3, 0.4) is 0 Å². The van der Waals surface area contributed by atoms with Gasteiger partial charge in [0.15, 0.2) is 0 Å². The molecule has 0 aromatic carbocycles. The van der Waals surface area contributed by atoms with Crippen LogP contribution in [0.4, 0.5) is 0 Å². The summed E-state index contributed by atoms with van der Waals surface area (Å²) in [5.41, 5.74) is -0.524. The van der Waals surface area contributed by atoms with E-state index in [0.29, 0.717) is 0 Å². The summed E-state index contributed by atoms with van der Waals surface area (Å²) in [5, 5.41) is 13.3. The van der Waals surface area contributed by atoms with Crippen LogP contribution >= 0.6 is 0 Å². The molecule has 0 saturated carbocycles. The second-order valence-electron chi connectivity index (χ2n) is 4.96. The van der Waals surface area contributed by atoms with Crippen LogP contribution in [0.5, 0.6) is 0 Å². The molecule has 1 unspecified atom stereocenters. The number of nitrogens with one attached hydrogen (secondary N) is 1. The van der Waals surface area contributed by atoms with E-state index in [1.165, 1.54) is 6.42 Å². The van der Waals surface area contributed by atoms with Gasteiger partial charge in [0.05, 0.1) is 5.60 Å². The minimum absolute atomic E-state index is 0.524. The lowest BCUT2D eigenvalue weighted by Gasteiger charge is -2.24. The van der Waals surface area contributed by atoms with Crippen molar-refractivity contribution in [3.63, 3.8) is 0 Å². The van der Waals surface area contributed by atoms with Gasteiger partial charge in [-0.2, -0.15) is 0 Å². The third-order valence-corrected chi connectivity index (χ3v) is 2.43. The average Bonchev–Trinajstić information content (AvgIpc) is 2.03. The quantitative estimate of drug-likeness (QED) is 0.592. The van der Waals surface area contributed by atoms with Gasteiger partial charge in [0, 0.05) is 6.54 Å². The summed E-state index contributed by atoms with van der Waals surface area (Å²) < 4.78 is 0. The molecular formula is C12H27NO. The van der Waals surface area contributed by atoms with Crippen molar-refractivity contribution in [2.45, 2.75) is 59.0 Å². The average molecular weight is 201 g/mol. The Morgan fingerprint density at radius 2 is 2.00 bits per heavy atom. The molecule has 0 radical (unpaired) electrons.